The molecule has 0 unspecified atom stereocenters. The predicted octanol–water partition coefficient (Wildman–Crippen LogP) is 1.44. The van der Waals surface area contributed by atoms with Crippen LogP contribution in [0.2, 0.25) is 0 Å². The van der Waals surface area contributed by atoms with Crippen LogP contribution in [0.4, 0.5) is 4.39 Å². The zero-order chi connectivity index (χ0) is 11.8. The Hall–Kier alpha value is -1.91. The number of benzene rings is 1. The second kappa shape index (κ2) is 3.59. The molecule has 16 heavy (non-hydrogen) atoms. The lowest BCUT2D eigenvalue weighted by molar-refractivity contribution is -0.170. The molecule has 2 rings (SSSR count). The minimum absolute atomic E-state index is 0.0592. The average molecular weight is 224 g/mol. The zero-order valence-electron chi connectivity index (χ0n) is 8.27. The molecule has 0 radical (unpaired) electrons. The highest BCUT2D eigenvalue weighted by molar-refractivity contribution is 5.86. The monoisotopic (exact) mass is 224 g/mol. The molecule has 1 N–H and O–H groups in total. The summed E-state index contributed by atoms with van der Waals surface area (Å²) in [6.07, 6.45) is 0.135. The smallest absolute Gasteiger partial charge is 0.352 e. The molecular formula is C11H9FO4. The summed E-state index contributed by atoms with van der Waals surface area (Å²) in [5, 5.41) is 9.13. The highest BCUT2D eigenvalue weighted by atomic mass is 19.1. The number of ether oxygens (including phenoxy) is 1. The number of aliphatic carboxylic acids is 1. The molecule has 1 fully saturated rings. The van der Waals surface area contributed by atoms with Crippen LogP contribution in [-0.2, 0) is 19.9 Å². The molecule has 1 aromatic carbocycles. The van der Waals surface area contributed by atoms with E-state index in [2.05, 4.69) is 0 Å². The number of esters is 1. The van der Waals surface area contributed by atoms with Crippen molar-refractivity contribution in [3.63, 3.8) is 0 Å². The van der Waals surface area contributed by atoms with E-state index < -0.39 is 23.4 Å². The predicted molar refractivity (Wildman–Crippen MR) is 51.0 cm³/mol. The molecule has 4 nitrogen and oxygen atoms in total. The lowest BCUT2D eigenvalue weighted by Gasteiger charge is -2.22. The Morgan fingerprint density at radius 2 is 2.00 bits per heavy atom. The highest BCUT2D eigenvalue weighted by Crippen LogP contribution is 2.37. The number of hydrogen-bond donors (Lipinski definition) is 1. The first kappa shape index (κ1) is 10.6. The molecule has 1 saturated heterocycles. The number of rotatable bonds is 2. The summed E-state index contributed by atoms with van der Waals surface area (Å²) in [6.45, 7) is 0. The number of carboxylic acids is 1. The molecule has 0 aromatic heterocycles. The summed E-state index contributed by atoms with van der Waals surface area (Å²) in [5.41, 5.74) is -1.36. The number of carboxylic acid groups (broad SMARTS) is 1. The summed E-state index contributed by atoms with van der Waals surface area (Å²) >= 11 is 0. The SMILES string of the molecule is O=C1CC[C@](C(=O)O)(c2ccc(F)cc2)O1. The third-order valence-corrected chi connectivity index (χ3v) is 2.63. The third kappa shape index (κ3) is 1.54. The number of halogens is 1. The van der Waals surface area contributed by atoms with Gasteiger partial charge in [-0.3, -0.25) is 4.79 Å². The minimum Gasteiger partial charge on any atom is -0.478 e. The van der Waals surface area contributed by atoms with Crippen LogP contribution in [0.15, 0.2) is 24.3 Å². The third-order valence-electron chi connectivity index (χ3n) is 2.63. The van der Waals surface area contributed by atoms with Gasteiger partial charge in [-0.15, -0.1) is 0 Å². The van der Waals surface area contributed by atoms with Crippen molar-refractivity contribution in [2.75, 3.05) is 0 Å². The molecule has 0 spiro atoms. The fraction of sp³-hybridized carbons (Fsp3) is 0.273. The van der Waals surface area contributed by atoms with Gasteiger partial charge in [-0.1, -0.05) is 12.1 Å². The van der Waals surface area contributed by atoms with Crippen molar-refractivity contribution in [3.8, 4) is 0 Å². The van der Waals surface area contributed by atoms with E-state index in [0.717, 1.165) is 12.1 Å². The van der Waals surface area contributed by atoms with Crippen LogP contribution in [0, 0.1) is 5.82 Å². The van der Waals surface area contributed by atoms with Gasteiger partial charge in [0.15, 0.2) is 0 Å². The first-order chi connectivity index (χ1) is 7.54. The van der Waals surface area contributed by atoms with Gasteiger partial charge in [0.2, 0.25) is 5.60 Å². The number of carbonyl (C=O) groups is 2. The zero-order valence-corrected chi connectivity index (χ0v) is 8.27. The van der Waals surface area contributed by atoms with Crippen LogP contribution >= 0.6 is 0 Å². The molecule has 1 aromatic rings. The maximum Gasteiger partial charge on any atom is 0.352 e. The van der Waals surface area contributed by atoms with Gasteiger partial charge in [0.1, 0.15) is 5.82 Å². The Bertz CT molecular complexity index is 440. The first-order valence-corrected chi connectivity index (χ1v) is 4.76. The summed E-state index contributed by atoms with van der Waals surface area (Å²) in [5.74, 6) is -2.25. The van der Waals surface area contributed by atoms with E-state index in [9.17, 15) is 14.0 Å². The van der Waals surface area contributed by atoms with Gasteiger partial charge in [-0.2, -0.15) is 0 Å². The maximum absolute atomic E-state index is 12.7. The van der Waals surface area contributed by atoms with Crippen molar-refractivity contribution in [1.82, 2.24) is 0 Å². The Morgan fingerprint density at radius 1 is 1.38 bits per heavy atom. The Morgan fingerprint density at radius 3 is 2.44 bits per heavy atom. The molecule has 5 heteroatoms. The lowest BCUT2D eigenvalue weighted by atomic mass is 9.91. The average Bonchev–Trinajstić information content (AvgIpc) is 2.63. The number of carbonyl (C=O) groups excluding carboxylic acids is 1. The molecule has 0 aliphatic carbocycles. The van der Waals surface area contributed by atoms with Crippen molar-refractivity contribution in [1.29, 1.82) is 0 Å². The highest BCUT2D eigenvalue weighted by Gasteiger charge is 2.49. The van der Waals surface area contributed by atoms with E-state index in [1.54, 1.807) is 0 Å². The van der Waals surface area contributed by atoms with E-state index in [0.29, 0.717) is 0 Å². The molecule has 84 valence electrons. The van der Waals surface area contributed by atoms with E-state index in [1.807, 2.05) is 0 Å². The van der Waals surface area contributed by atoms with Crippen LogP contribution in [0.3, 0.4) is 0 Å². The van der Waals surface area contributed by atoms with Crippen LogP contribution in [0.5, 0.6) is 0 Å². The van der Waals surface area contributed by atoms with Gasteiger partial charge in [0, 0.05) is 12.0 Å². The molecule has 1 heterocycles. The van der Waals surface area contributed by atoms with Crippen LogP contribution < -0.4 is 0 Å². The molecular weight excluding hydrogens is 215 g/mol. The van der Waals surface area contributed by atoms with Crippen molar-refractivity contribution >= 4 is 11.9 Å². The van der Waals surface area contributed by atoms with E-state index in [1.165, 1.54) is 12.1 Å². The first-order valence-electron chi connectivity index (χ1n) is 4.76. The number of hydrogen-bond acceptors (Lipinski definition) is 3. The van der Waals surface area contributed by atoms with Crippen molar-refractivity contribution < 1.29 is 23.8 Å². The Labute approximate surface area is 90.6 Å². The fourth-order valence-corrected chi connectivity index (χ4v) is 1.77. The molecule has 0 saturated carbocycles. The van der Waals surface area contributed by atoms with Gasteiger partial charge in [-0.25, -0.2) is 9.18 Å². The largest absolute Gasteiger partial charge is 0.478 e. The summed E-state index contributed by atoms with van der Waals surface area (Å²) < 4.78 is 17.6. The standard InChI is InChI=1S/C11H9FO4/c12-8-3-1-7(2-4-8)11(10(14)15)6-5-9(13)16-11/h1-4H,5-6H2,(H,14,15)/t11-/m1/s1. The maximum atomic E-state index is 12.7. The van der Waals surface area contributed by atoms with Crippen molar-refractivity contribution in [2.24, 2.45) is 0 Å². The van der Waals surface area contributed by atoms with Gasteiger partial charge >= 0.3 is 11.9 Å². The van der Waals surface area contributed by atoms with Gasteiger partial charge in [0.05, 0.1) is 6.42 Å². The molecule has 0 bridgehead atoms. The van der Waals surface area contributed by atoms with Crippen molar-refractivity contribution in [3.05, 3.63) is 35.6 Å². The van der Waals surface area contributed by atoms with Gasteiger partial charge in [-0.05, 0) is 12.1 Å². The topological polar surface area (TPSA) is 63.6 Å². The van der Waals surface area contributed by atoms with Crippen molar-refractivity contribution in [2.45, 2.75) is 18.4 Å². The van der Waals surface area contributed by atoms with Crippen LogP contribution in [0.25, 0.3) is 0 Å². The van der Waals surface area contributed by atoms with Crippen LogP contribution in [0.1, 0.15) is 18.4 Å². The fourth-order valence-electron chi connectivity index (χ4n) is 1.77. The molecule has 1 atom stereocenters. The minimum atomic E-state index is -1.65. The van der Waals surface area contributed by atoms with Gasteiger partial charge < -0.3 is 9.84 Å². The van der Waals surface area contributed by atoms with Crippen LogP contribution in [-0.4, -0.2) is 17.0 Å². The molecule has 1 aliphatic heterocycles. The second-order valence-corrected chi connectivity index (χ2v) is 3.61. The second-order valence-electron chi connectivity index (χ2n) is 3.61. The quantitative estimate of drug-likeness (QED) is 0.772. The van der Waals surface area contributed by atoms with E-state index >= 15 is 0 Å². The van der Waals surface area contributed by atoms with E-state index in [4.69, 9.17) is 9.84 Å². The molecule has 0 amide bonds. The Kier molecular flexibility index (Phi) is 2.38. The van der Waals surface area contributed by atoms with E-state index in [-0.39, 0.29) is 18.4 Å². The summed E-state index contributed by atoms with van der Waals surface area (Å²) in [7, 11) is 0. The van der Waals surface area contributed by atoms with Gasteiger partial charge in [0.25, 0.3) is 0 Å². The lowest BCUT2D eigenvalue weighted by Crippen LogP contribution is -2.35. The summed E-state index contributed by atoms with van der Waals surface area (Å²) in [6, 6.07) is 4.93. The normalized spacial score (nSPS) is 24.2. The molecule has 1 aliphatic rings. The number of cyclic esters (lactones) is 1. The summed E-state index contributed by atoms with van der Waals surface area (Å²) in [4.78, 5) is 22.2. The Balaban J connectivity index is 2.44.